The van der Waals surface area contributed by atoms with Crippen molar-refractivity contribution in [3.05, 3.63) is 71.8 Å². The summed E-state index contributed by atoms with van der Waals surface area (Å²) in [7, 11) is 0. The van der Waals surface area contributed by atoms with Gasteiger partial charge in [-0.1, -0.05) is 60.7 Å². The zero-order valence-corrected chi connectivity index (χ0v) is 15.7. The Kier molecular flexibility index (Phi) is 5.85. The van der Waals surface area contributed by atoms with Crippen molar-refractivity contribution in [1.82, 2.24) is 10.2 Å². The Bertz CT molecular complexity index is 727. The number of carbonyl (C=O) groups excluding carboxylic acids is 1. The lowest BCUT2D eigenvalue weighted by Gasteiger charge is -2.44. The minimum absolute atomic E-state index is 0.0559. The number of rotatable bonds is 7. The van der Waals surface area contributed by atoms with E-state index in [1.165, 1.54) is 5.56 Å². The molecule has 3 aliphatic rings. The molecule has 0 amide bonds. The van der Waals surface area contributed by atoms with Crippen molar-refractivity contribution >= 4 is 5.97 Å². The first-order valence-corrected chi connectivity index (χ1v) is 10.0. The number of hydrogen-bond acceptors (Lipinski definition) is 4. The van der Waals surface area contributed by atoms with Crippen LogP contribution >= 0.6 is 0 Å². The van der Waals surface area contributed by atoms with Crippen molar-refractivity contribution < 1.29 is 9.53 Å². The number of nitrogens with zero attached hydrogens (tertiary/aromatic N) is 1. The second-order valence-electron chi connectivity index (χ2n) is 7.69. The first kappa shape index (κ1) is 18.2. The Morgan fingerprint density at radius 1 is 1.04 bits per heavy atom. The summed E-state index contributed by atoms with van der Waals surface area (Å²) in [5.74, 6) is 0.165. The molecule has 1 N–H and O–H groups in total. The summed E-state index contributed by atoms with van der Waals surface area (Å²) in [6.07, 6.45) is 2.36. The molecule has 2 aromatic carbocycles. The van der Waals surface area contributed by atoms with Crippen LogP contribution < -0.4 is 5.32 Å². The molecule has 27 heavy (non-hydrogen) atoms. The minimum atomic E-state index is -0.273. The third-order valence-corrected chi connectivity index (χ3v) is 5.87. The third kappa shape index (κ3) is 4.57. The zero-order chi connectivity index (χ0) is 18.5. The third-order valence-electron chi connectivity index (χ3n) is 5.87. The minimum Gasteiger partial charge on any atom is -0.460 e. The van der Waals surface area contributed by atoms with E-state index in [9.17, 15) is 4.79 Å². The zero-order valence-electron chi connectivity index (χ0n) is 15.7. The molecule has 4 heteroatoms. The van der Waals surface area contributed by atoms with Gasteiger partial charge in [-0.25, -0.2) is 0 Å². The van der Waals surface area contributed by atoms with Gasteiger partial charge in [-0.2, -0.15) is 0 Å². The normalized spacial score (nSPS) is 25.1. The molecule has 0 aliphatic carbocycles. The predicted molar refractivity (Wildman–Crippen MR) is 106 cm³/mol. The molecule has 3 fully saturated rings. The first-order valence-electron chi connectivity index (χ1n) is 10.0. The SMILES string of the molecule is O=C(OC1CN2CCC1CC2)C(CNCc1ccccc1)c1ccccc1. The van der Waals surface area contributed by atoms with Gasteiger partial charge in [0, 0.05) is 19.6 Å². The van der Waals surface area contributed by atoms with Gasteiger partial charge in [-0.3, -0.25) is 9.69 Å². The summed E-state index contributed by atoms with van der Waals surface area (Å²) >= 11 is 0. The fourth-order valence-electron chi connectivity index (χ4n) is 4.25. The molecule has 142 valence electrons. The van der Waals surface area contributed by atoms with E-state index in [1.54, 1.807) is 0 Å². The second kappa shape index (κ2) is 8.68. The van der Waals surface area contributed by atoms with E-state index in [0.717, 1.165) is 44.6 Å². The lowest BCUT2D eigenvalue weighted by Crippen LogP contribution is -2.52. The van der Waals surface area contributed by atoms with E-state index in [2.05, 4.69) is 22.3 Å². The molecule has 3 saturated heterocycles. The fraction of sp³-hybridized carbons (Fsp3) is 0.435. The summed E-state index contributed by atoms with van der Waals surface area (Å²) < 4.78 is 6.02. The van der Waals surface area contributed by atoms with Crippen LogP contribution in [0.25, 0.3) is 0 Å². The summed E-state index contributed by atoms with van der Waals surface area (Å²) in [4.78, 5) is 15.5. The van der Waals surface area contributed by atoms with Crippen LogP contribution in [0.4, 0.5) is 0 Å². The largest absolute Gasteiger partial charge is 0.460 e. The summed E-state index contributed by atoms with van der Waals surface area (Å²) in [6.45, 7) is 4.53. The van der Waals surface area contributed by atoms with Crippen LogP contribution in [0.2, 0.25) is 0 Å². The maximum atomic E-state index is 13.0. The van der Waals surface area contributed by atoms with Crippen LogP contribution in [0.15, 0.2) is 60.7 Å². The Labute approximate surface area is 161 Å². The Hall–Kier alpha value is -2.17. The second-order valence-corrected chi connectivity index (χ2v) is 7.69. The summed E-state index contributed by atoms with van der Waals surface area (Å²) in [5.41, 5.74) is 2.24. The van der Waals surface area contributed by atoms with Crippen LogP contribution in [-0.4, -0.2) is 43.2 Å². The molecule has 2 bridgehead atoms. The summed E-state index contributed by atoms with van der Waals surface area (Å²) in [6, 6.07) is 20.3. The van der Waals surface area contributed by atoms with Gasteiger partial charge >= 0.3 is 5.97 Å². The molecule has 5 rings (SSSR count). The van der Waals surface area contributed by atoms with E-state index in [1.807, 2.05) is 48.5 Å². The highest BCUT2D eigenvalue weighted by molar-refractivity contribution is 5.78. The van der Waals surface area contributed by atoms with Crippen LogP contribution in [0, 0.1) is 5.92 Å². The van der Waals surface area contributed by atoms with Crippen molar-refractivity contribution in [2.75, 3.05) is 26.2 Å². The van der Waals surface area contributed by atoms with Gasteiger partial charge in [0.05, 0.1) is 5.92 Å². The number of nitrogens with one attached hydrogen (secondary N) is 1. The number of hydrogen-bond donors (Lipinski definition) is 1. The van der Waals surface area contributed by atoms with Crippen LogP contribution in [0.5, 0.6) is 0 Å². The van der Waals surface area contributed by atoms with Crippen molar-refractivity contribution in [1.29, 1.82) is 0 Å². The Morgan fingerprint density at radius 3 is 2.33 bits per heavy atom. The molecule has 0 saturated carbocycles. The molecule has 2 unspecified atom stereocenters. The monoisotopic (exact) mass is 364 g/mol. The summed E-state index contributed by atoms with van der Waals surface area (Å²) in [5, 5.41) is 3.44. The van der Waals surface area contributed by atoms with Crippen molar-refractivity contribution in [2.24, 2.45) is 5.92 Å². The van der Waals surface area contributed by atoms with E-state index in [0.29, 0.717) is 12.5 Å². The molecule has 2 aromatic rings. The van der Waals surface area contributed by atoms with Crippen molar-refractivity contribution in [3.63, 3.8) is 0 Å². The maximum Gasteiger partial charge on any atom is 0.315 e. The molecule has 0 radical (unpaired) electrons. The Morgan fingerprint density at radius 2 is 1.70 bits per heavy atom. The standard InChI is InChI=1S/C23H28N2O2/c26-23(27-22-17-25-13-11-20(22)12-14-25)21(19-9-5-2-6-10-19)16-24-15-18-7-3-1-4-8-18/h1-10,20-22,24H,11-17H2. The number of carbonyl (C=O) groups is 1. The van der Waals surface area contributed by atoms with Gasteiger partial charge in [0.25, 0.3) is 0 Å². The number of esters is 1. The Balaban J connectivity index is 1.40. The van der Waals surface area contributed by atoms with E-state index in [-0.39, 0.29) is 18.0 Å². The van der Waals surface area contributed by atoms with Gasteiger partial charge in [-0.05, 0) is 43.0 Å². The molecular formula is C23H28N2O2. The molecule has 0 spiro atoms. The lowest BCUT2D eigenvalue weighted by atomic mass is 9.85. The van der Waals surface area contributed by atoms with E-state index < -0.39 is 0 Å². The highest BCUT2D eigenvalue weighted by Gasteiger charge is 2.37. The molecule has 3 heterocycles. The quantitative estimate of drug-likeness (QED) is 0.766. The average molecular weight is 364 g/mol. The molecular weight excluding hydrogens is 336 g/mol. The molecule has 4 nitrogen and oxygen atoms in total. The maximum absolute atomic E-state index is 13.0. The predicted octanol–water partition coefficient (Wildman–Crippen LogP) is 3.20. The van der Waals surface area contributed by atoms with Crippen molar-refractivity contribution in [2.45, 2.75) is 31.4 Å². The van der Waals surface area contributed by atoms with Gasteiger partial charge < -0.3 is 10.1 Å². The van der Waals surface area contributed by atoms with Gasteiger partial charge in [0.2, 0.25) is 0 Å². The van der Waals surface area contributed by atoms with Gasteiger partial charge in [0.15, 0.2) is 0 Å². The fourth-order valence-corrected chi connectivity index (χ4v) is 4.25. The van der Waals surface area contributed by atoms with Gasteiger partial charge in [-0.15, -0.1) is 0 Å². The van der Waals surface area contributed by atoms with Gasteiger partial charge in [0.1, 0.15) is 6.10 Å². The number of piperidine rings is 3. The van der Waals surface area contributed by atoms with Crippen molar-refractivity contribution in [3.8, 4) is 0 Å². The number of benzene rings is 2. The van der Waals surface area contributed by atoms with E-state index in [4.69, 9.17) is 4.74 Å². The highest BCUT2D eigenvalue weighted by atomic mass is 16.5. The molecule has 0 aromatic heterocycles. The number of ether oxygens (including phenoxy) is 1. The van der Waals surface area contributed by atoms with E-state index >= 15 is 0 Å². The average Bonchev–Trinajstić information content (AvgIpc) is 2.73. The molecule has 2 atom stereocenters. The number of fused-ring (bicyclic) bond motifs is 3. The highest BCUT2D eigenvalue weighted by Crippen LogP contribution is 2.31. The molecule has 3 aliphatic heterocycles. The topological polar surface area (TPSA) is 41.6 Å². The first-order chi connectivity index (χ1) is 13.3. The van der Waals surface area contributed by atoms with Crippen LogP contribution in [0.1, 0.15) is 29.9 Å². The van der Waals surface area contributed by atoms with Crippen LogP contribution in [-0.2, 0) is 16.1 Å². The smallest absolute Gasteiger partial charge is 0.315 e. The lowest BCUT2D eigenvalue weighted by molar-refractivity contribution is -0.160. The van der Waals surface area contributed by atoms with Crippen LogP contribution in [0.3, 0.4) is 0 Å².